The van der Waals surface area contributed by atoms with Gasteiger partial charge in [0.05, 0.1) is 0 Å². The van der Waals surface area contributed by atoms with Crippen LogP contribution in [-0.4, -0.2) is 0 Å². The van der Waals surface area contributed by atoms with E-state index in [2.05, 4.69) is 85.0 Å². The average molecular weight is 258 g/mol. The molecule has 2 aromatic carbocycles. The van der Waals surface area contributed by atoms with Crippen molar-refractivity contribution in [3.8, 4) is 0 Å². The molecule has 1 aliphatic carbocycles. The molecule has 0 heteroatoms. The highest BCUT2D eigenvalue weighted by molar-refractivity contribution is 5.91. The van der Waals surface area contributed by atoms with Crippen LogP contribution in [-0.2, 0) is 0 Å². The fourth-order valence-electron chi connectivity index (χ4n) is 2.52. The average Bonchev–Trinajstić information content (AvgIpc) is 2.55. The van der Waals surface area contributed by atoms with Crippen LogP contribution >= 0.6 is 0 Å². The fourth-order valence-corrected chi connectivity index (χ4v) is 2.52. The first-order valence-corrected chi connectivity index (χ1v) is 7.12. The maximum atomic E-state index is 2.29. The number of hydrogen-bond donors (Lipinski definition) is 0. The van der Waals surface area contributed by atoms with Gasteiger partial charge >= 0.3 is 0 Å². The standard InChI is InChI=1S/C20H18/c1-4-10-17(11-5-1)16-20(18-12-6-2-7-13-18)19-14-8-3-9-15-19/h1-8,10-14,16H,9,15H2/b20-16+. The molecule has 0 fully saturated rings. The van der Waals surface area contributed by atoms with E-state index in [1.54, 1.807) is 0 Å². The Kier molecular flexibility index (Phi) is 3.93. The Balaban J connectivity index is 2.06. The van der Waals surface area contributed by atoms with E-state index in [-0.39, 0.29) is 0 Å². The Hall–Kier alpha value is -2.34. The maximum Gasteiger partial charge on any atom is -0.0146 e. The third-order valence-corrected chi connectivity index (χ3v) is 3.56. The quantitative estimate of drug-likeness (QED) is 0.637. The summed E-state index contributed by atoms with van der Waals surface area (Å²) in [5.41, 5.74) is 5.29. The van der Waals surface area contributed by atoms with Gasteiger partial charge in [-0.25, -0.2) is 0 Å². The van der Waals surface area contributed by atoms with Crippen molar-refractivity contribution in [1.82, 2.24) is 0 Å². The minimum atomic E-state index is 1.12. The summed E-state index contributed by atoms with van der Waals surface area (Å²) in [6.07, 6.45) is 11.2. The molecule has 0 spiro atoms. The molecule has 0 unspecified atom stereocenters. The maximum absolute atomic E-state index is 2.29. The van der Waals surface area contributed by atoms with Gasteiger partial charge in [0.15, 0.2) is 0 Å². The van der Waals surface area contributed by atoms with Crippen molar-refractivity contribution in [2.45, 2.75) is 12.8 Å². The molecular weight excluding hydrogens is 240 g/mol. The molecule has 0 heterocycles. The Bertz CT molecular complexity index is 643. The lowest BCUT2D eigenvalue weighted by molar-refractivity contribution is 0.997. The lowest BCUT2D eigenvalue weighted by Crippen LogP contribution is -1.93. The van der Waals surface area contributed by atoms with Crippen molar-refractivity contribution >= 4 is 11.6 Å². The molecule has 1 aliphatic rings. The summed E-state index contributed by atoms with van der Waals surface area (Å²) < 4.78 is 0. The SMILES string of the molecule is C1=CCCC(/C(=C/c2ccccc2)c2ccccc2)=C1. The zero-order valence-electron chi connectivity index (χ0n) is 11.5. The van der Waals surface area contributed by atoms with Crippen LogP contribution in [0.25, 0.3) is 11.6 Å². The highest BCUT2D eigenvalue weighted by Crippen LogP contribution is 2.30. The predicted molar refractivity (Wildman–Crippen MR) is 87.2 cm³/mol. The molecule has 0 atom stereocenters. The van der Waals surface area contributed by atoms with E-state index < -0.39 is 0 Å². The van der Waals surface area contributed by atoms with Gasteiger partial charge < -0.3 is 0 Å². The van der Waals surface area contributed by atoms with Crippen LogP contribution in [0, 0.1) is 0 Å². The second kappa shape index (κ2) is 6.21. The van der Waals surface area contributed by atoms with Gasteiger partial charge in [0.2, 0.25) is 0 Å². The largest absolute Gasteiger partial charge is 0.0842 e. The predicted octanol–water partition coefficient (Wildman–Crippen LogP) is 5.50. The van der Waals surface area contributed by atoms with Crippen LogP contribution in [0.1, 0.15) is 24.0 Å². The van der Waals surface area contributed by atoms with Crippen LogP contribution in [0.2, 0.25) is 0 Å². The highest BCUT2D eigenvalue weighted by Gasteiger charge is 2.09. The summed E-state index contributed by atoms with van der Waals surface area (Å²) in [5.74, 6) is 0. The Labute approximate surface area is 120 Å². The molecule has 0 aromatic heterocycles. The van der Waals surface area contributed by atoms with Gasteiger partial charge in [-0.2, -0.15) is 0 Å². The molecule has 98 valence electrons. The first kappa shape index (κ1) is 12.7. The smallest absolute Gasteiger partial charge is 0.0146 e. The second-order valence-corrected chi connectivity index (χ2v) is 4.99. The summed E-state index contributed by atoms with van der Waals surface area (Å²) in [6.45, 7) is 0. The van der Waals surface area contributed by atoms with Crippen molar-refractivity contribution in [3.63, 3.8) is 0 Å². The van der Waals surface area contributed by atoms with E-state index in [0.717, 1.165) is 12.8 Å². The van der Waals surface area contributed by atoms with Gasteiger partial charge in [0, 0.05) is 0 Å². The first-order valence-electron chi connectivity index (χ1n) is 7.12. The number of benzene rings is 2. The molecule has 0 radical (unpaired) electrons. The minimum Gasteiger partial charge on any atom is -0.0842 e. The van der Waals surface area contributed by atoms with E-state index in [4.69, 9.17) is 0 Å². The third kappa shape index (κ3) is 2.97. The van der Waals surface area contributed by atoms with Gasteiger partial charge in [-0.05, 0) is 41.2 Å². The third-order valence-electron chi connectivity index (χ3n) is 3.56. The Morgan fingerprint density at radius 2 is 1.55 bits per heavy atom. The van der Waals surface area contributed by atoms with Gasteiger partial charge in [0.25, 0.3) is 0 Å². The second-order valence-electron chi connectivity index (χ2n) is 4.99. The molecule has 0 saturated heterocycles. The summed E-state index contributed by atoms with van der Waals surface area (Å²) in [6, 6.07) is 21.2. The number of hydrogen-bond acceptors (Lipinski definition) is 0. The Morgan fingerprint density at radius 3 is 2.20 bits per heavy atom. The molecule has 0 amide bonds. The summed E-state index contributed by atoms with van der Waals surface area (Å²) in [4.78, 5) is 0. The van der Waals surface area contributed by atoms with E-state index >= 15 is 0 Å². The van der Waals surface area contributed by atoms with Gasteiger partial charge in [-0.3, -0.25) is 0 Å². The molecule has 20 heavy (non-hydrogen) atoms. The molecule has 0 N–H and O–H groups in total. The van der Waals surface area contributed by atoms with Crippen LogP contribution in [0.4, 0.5) is 0 Å². The molecule has 0 bridgehead atoms. The topological polar surface area (TPSA) is 0 Å². The van der Waals surface area contributed by atoms with E-state index in [9.17, 15) is 0 Å². The van der Waals surface area contributed by atoms with Crippen molar-refractivity contribution in [1.29, 1.82) is 0 Å². The van der Waals surface area contributed by atoms with E-state index in [1.807, 2.05) is 0 Å². The molecule has 0 nitrogen and oxygen atoms in total. The summed E-state index contributed by atoms with van der Waals surface area (Å²) in [7, 11) is 0. The van der Waals surface area contributed by atoms with Gasteiger partial charge in [-0.15, -0.1) is 0 Å². The normalized spacial score (nSPS) is 15.0. The number of allylic oxidation sites excluding steroid dienone is 5. The van der Waals surface area contributed by atoms with Crippen LogP contribution in [0.3, 0.4) is 0 Å². The first-order chi connectivity index (χ1) is 9.93. The van der Waals surface area contributed by atoms with Crippen molar-refractivity contribution in [2.75, 3.05) is 0 Å². The summed E-state index contributed by atoms with van der Waals surface area (Å²) in [5, 5.41) is 0. The van der Waals surface area contributed by atoms with Crippen molar-refractivity contribution in [2.24, 2.45) is 0 Å². The molecule has 3 rings (SSSR count). The van der Waals surface area contributed by atoms with E-state index in [1.165, 1.54) is 22.3 Å². The lowest BCUT2D eigenvalue weighted by atomic mass is 9.90. The number of rotatable bonds is 3. The van der Waals surface area contributed by atoms with Crippen molar-refractivity contribution in [3.05, 3.63) is 95.6 Å². The van der Waals surface area contributed by atoms with Gasteiger partial charge in [0.1, 0.15) is 0 Å². The summed E-state index contributed by atoms with van der Waals surface area (Å²) >= 11 is 0. The fraction of sp³-hybridized carbons (Fsp3) is 0.100. The monoisotopic (exact) mass is 258 g/mol. The van der Waals surface area contributed by atoms with E-state index in [0.29, 0.717) is 0 Å². The molecule has 0 saturated carbocycles. The van der Waals surface area contributed by atoms with Gasteiger partial charge in [-0.1, -0.05) is 78.9 Å². The molecule has 2 aromatic rings. The van der Waals surface area contributed by atoms with Crippen LogP contribution in [0.15, 0.2) is 84.5 Å². The minimum absolute atomic E-state index is 1.12. The zero-order valence-corrected chi connectivity index (χ0v) is 11.5. The zero-order chi connectivity index (χ0) is 13.6. The van der Waals surface area contributed by atoms with Crippen molar-refractivity contribution < 1.29 is 0 Å². The molecular formula is C20H18. The highest BCUT2D eigenvalue weighted by atomic mass is 14.1. The Morgan fingerprint density at radius 1 is 0.850 bits per heavy atom. The van der Waals surface area contributed by atoms with Crippen LogP contribution < -0.4 is 0 Å². The molecule has 0 aliphatic heterocycles. The lowest BCUT2D eigenvalue weighted by Gasteiger charge is -2.14. The van der Waals surface area contributed by atoms with Crippen LogP contribution in [0.5, 0.6) is 0 Å².